The number of hydrogen-bond donors (Lipinski definition) is 1. The van der Waals surface area contributed by atoms with E-state index in [2.05, 4.69) is 15.0 Å². The lowest BCUT2D eigenvalue weighted by molar-refractivity contribution is -0.115. The van der Waals surface area contributed by atoms with Crippen molar-refractivity contribution >= 4 is 22.4 Å². The third-order valence-corrected chi connectivity index (χ3v) is 5.09. The highest BCUT2D eigenvalue weighted by Crippen LogP contribution is 2.32. The monoisotopic (exact) mass is 434 g/mol. The van der Waals surface area contributed by atoms with Crippen molar-refractivity contribution in [1.29, 1.82) is 0 Å². The molecule has 158 valence electrons. The van der Waals surface area contributed by atoms with Crippen LogP contribution in [0.15, 0.2) is 42.5 Å². The van der Waals surface area contributed by atoms with Gasteiger partial charge in [-0.05, 0) is 48.9 Å². The van der Waals surface area contributed by atoms with Gasteiger partial charge in [0.1, 0.15) is 5.75 Å². The SMILES string of the molecule is COc1ccc(CC(=O)Nc2nc(-c3ccc(OC(F)F)cc3)c(C)s2)cc1OC. The number of rotatable bonds is 8. The Morgan fingerprint density at radius 1 is 1.10 bits per heavy atom. The predicted octanol–water partition coefficient (Wildman–Crippen LogP) is 4.92. The van der Waals surface area contributed by atoms with Gasteiger partial charge in [-0.25, -0.2) is 4.98 Å². The number of anilines is 1. The van der Waals surface area contributed by atoms with Crippen molar-refractivity contribution in [2.75, 3.05) is 19.5 Å². The quantitative estimate of drug-likeness (QED) is 0.545. The number of benzene rings is 2. The van der Waals surface area contributed by atoms with E-state index in [9.17, 15) is 13.6 Å². The molecule has 1 heterocycles. The number of carbonyl (C=O) groups is 1. The highest BCUT2D eigenvalue weighted by molar-refractivity contribution is 7.16. The number of hydrogen-bond acceptors (Lipinski definition) is 6. The molecule has 3 aromatic rings. The smallest absolute Gasteiger partial charge is 0.387 e. The Kier molecular flexibility index (Phi) is 6.83. The van der Waals surface area contributed by atoms with Gasteiger partial charge in [-0.1, -0.05) is 6.07 Å². The first kappa shape index (κ1) is 21.5. The molecule has 2 aromatic carbocycles. The number of methoxy groups -OCH3 is 2. The summed E-state index contributed by atoms with van der Waals surface area (Å²) < 4.78 is 39.4. The standard InChI is InChI=1S/C21H20F2N2O4S/c1-12-19(14-5-7-15(8-6-14)29-20(22)23)25-21(30-12)24-18(26)11-13-4-9-16(27-2)17(10-13)28-3/h4-10,20H,11H2,1-3H3,(H,24,25,26). The van der Waals surface area contributed by atoms with Crippen LogP contribution < -0.4 is 19.5 Å². The summed E-state index contributed by atoms with van der Waals surface area (Å²) in [5, 5.41) is 3.26. The average Bonchev–Trinajstić information content (AvgIpc) is 3.07. The molecule has 1 amide bonds. The summed E-state index contributed by atoms with van der Waals surface area (Å²) in [5.41, 5.74) is 2.18. The number of aryl methyl sites for hydroxylation is 1. The van der Waals surface area contributed by atoms with E-state index in [1.165, 1.54) is 30.6 Å². The lowest BCUT2D eigenvalue weighted by Crippen LogP contribution is -2.14. The zero-order valence-corrected chi connectivity index (χ0v) is 17.4. The highest BCUT2D eigenvalue weighted by atomic mass is 32.1. The number of amides is 1. The van der Waals surface area contributed by atoms with E-state index >= 15 is 0 Å². The Labute approximate surface area is 176 Å². The van der Waals surface area contributed by atoms with E-state index in [0.717, 1.165) is 16.0 Å². The zero-order chi connectivity index (χ0) is 21.7. The molecule has 0 spiro atoms. The number of alkyl halides is 2. The molecular formula is C21H20F2N2O4S. The molecule has 0 saturated carbocycles. The molecule has 0 aliphatic carbocycles. The Bertz CT molecular complexity index is 1020. The van der Waals surface area contributed by atoms with Gasteiger partial charge in [-0.15, -0.1) is 11.3 Å². The summed E-state index contributed by atoms with van der Waals surface area (Å²) >= 11 is 1.34. The molecule has 9 heteroatoms. The second-order valence-corrected chi connectivity index (χ2v) is 7.44. The fraction of sp³-hybridized carbons (Fsp3) is 0.238. The van der Waals surface area contributed by atoms with E-state index < -0.39 is 6.61 Å². The number of carbonyl (C=O) groups excluding carboxylic acids is 1. The van der Waals surface area contributed by atoms with Crippen molar-refractivity contribution in [2.24, 2.45) is 0 Å². The maximum absolute atomic E-state index is 12.4. The molecule has 0 radical (unpaired) electrons. The van der Waals surface area contributed by atoms with Crippen LogP contribution in [0.5, 0.6) is 17.2 Å². The van der Waals surface area contributed by atoms with Gasteiger partial charge in [0.2, 0.25) is 5.91 Å². The summed E-state index contributed by atoms with van der Waals surface area (Å²) in [6, 6.07) is 11.5. The van der Waals surface area contributed by atoms with Gasteiger partial charge in [0, 0.05) is 10.4 Å². The van der Waals surface area contributed by atoms with Crippen LogP contribution in [0.25, 0.3) is 11.3 Å². The molecule has 1 aromatic heterocycles. The van der Waals surface area contributed by atoms with Gasteiger partial charge in [0.25, 0.3) is 0 Å². The first-order chi connectivity index (χ1) is 14.4. The minimum Gasteiger partial charge on any atom is -0.493 e. The molecule has 0 aliphatic heterocycles. The van der Waals surface area contributed by atoms with Crippen molar-refractivity contribution in [3.63, 3.8) is 0 Å². The lowest BCUT2D eigenvalue weighted by Gasteiger charge is -2.09. The van der Waals surface area contributed by atoms with Crippen molar-refractivity contribution in [1.82, 2.24) is 4.98 Å². The fourth-order valence-corrected chi connectivity index (χ4v) is 3.70. The van der Waals surface area contributed by atoms with Gasteiger partial charge >= 0.3 is 6.61 Å². The molecule has 0 fully saturated rings. The van der Waals surface area contributed by atoms with Gasteiger partial charge in [0.05, 0.1) is 26.3 Å². The minimum absolute atomic E-state index is 0.0741. The van der Waals surface area contributed by atoms with Crippen LogP contribution in [0.2, 0.25) is 0 Å². The van der Waals surface area contributed by atoms with Crippen LogP contribution in [0.3, 0.4) is 0 Å². The van der Waals surface area contributed by atoms with Gasteiger partial charge in [-0.3, -0.25) is 4.79 Å². The molecule has 0 bridgehead atoms. The van der Waals surface area contributed by atoms with Crippen LogP contribution in [0.1, 0.15) is 10.4 Å². The van der Waals surface area contributed by atoms with Crippen LogP contribution in [-0.2, 0) is 11.2 Å². The van der Waals surface area contributed by atoms with Gasteiger partial charge < -0.3 is 19.5 Å². The molecular weight excluding hydrogens is 414 g/mol. The maximum atomic E-state index is 12.4. The average molecular weight is 434 g/mol. The number of thiazole rings is 1. The van der Waals surface area contributed by atoms with E-state index in [1.807, 2.05) is 6.92 Å². The number of nitrogens with one attached hydrogen (secondary N) is 1. The van der Waals surface area contributed by atoms with Crippen LogP contribution >= 0.6 is 11.3 Å². The summed E-state index contributed by atoms with van der Waals surface area (Å²) in [6.07, 6.45) is 0.147. The van der Waals surface area contributed by atoms with Crippen molar-refractivity contribution in [2.45, 2.75) is 20.0 Å². The van der Waals surface area contributed by atoms with Gasteiger partial charge in [-0.2, -0.15) is 8.78 Å². The first-order valence-electron chi connectivity index (χ1n) is 8.93. The van der Waals surface area contributed by atoms with Gasteiger partial charge in [0.15, 0.2) is 16.6 Å². The Hall–Kier alpha value is -3.20. The largest absolute Gasteiger partial charge is 0.493 e. The third kappa shape index (κ3) is 5.24. The van der Waals surface area contributed by atoms with E-state index in [1.54, 1.807) is 37.4 Å². The number of ether oxygens (including phenoxy) is 3. The summed E-state index contributed by atoms with van der Waals surface area (Å²) in [6.45, 7) is -0.995. The summed E-state index contributed by atoms with van der Waals surface area (Å²) in [7, 11) is 3.08. The molecule has 30 heavy (non-hydrogen) atoms. The third-order valence-electron chi connectivity index (χ3n) is 4.21. The van der Waals surface area contributed by atoms with Crippen LogP contribution in [0.4, 0.5) is 13.9 Å². The number of aromatic nitrogens is 1. The predicted molar refractivity (Wildman–Crippen MR) is 111 cm³/mol. The molecule has 6 nitrogen and oxygen atoms in total. The summed E-state index contributed by atoms with van der Waals surface area (Å²) in [5.74, 6) is 0.995. The lowest BCUT2D eigenvalue weighted by atomic mass is 10.1. The first-order valence-corrected chi connectivity index (χ1v) is 9.74. The number of halogens is 2. The summed E-state index contributed by atoms with van der Waals surface area (Å²) in [4.78, 5) is 17.8. The van der Waals surface area contributed by atoms with E-state index in [0.29, 0.717) is 22.3 Å². The molecule has 0 atom stereocenters. The Balaban J connectivity index is 1.69. The zero-order valence-electron chi connectivity index (χ0n) is 16.6. The van der Waals surface area contributed by atoms with E-state index in [-0.39, 0.29) is 18.1 Å². The van der Waals surface area contributed by atoms with Crippen molar-refractivity contribution < 1.29 is 27.8 Å². The topological polar surface area (TPSA) is 69.7 Å². The normalized spacial score (nSPS) is 10.7. The Morgan fingerprint density at radius 3 is 2.43 bits per heavy atom. The number of nitrogens with zero attached hydrogens (tertiary/aromatic N) is 1. The second-order valence-electron chi connectivity index (χ2n) is 6.24. The highest BCUT2D eigenvalue weighted by Gasteiger charge is 2.14. The molecule has 0 aliphatic rings. The fourth-order valence-electron chi connectivity index (χ4n) is 2.85. The van der Waals surface area contributed by atoms with Crippen molar-refractivity contribution in [3.05, 3.63) is 52.9 Å². The van der Waals surface area contributed by atoms with Crippen LogP contribution in [-0.4, -0.2) is 31.7 Å². The Morgan fingerprint density at radius 2 is 1.80 bits per heavy atom. The van der Waals surface area contributed by atoms with E-state index in [4.69, 9.17) is 9.47 Å². The maximum Gasteiger partial charge on any atom is 0.387 e. The van der Waals surface area contributed by atoms with Crippen molar-refractivity contribution in [3.8, 4) is 28.5 Å². The molecule has 0 saturated heterocycles. The molecule has 0 unspecified atom stereocenters. The van der Waals surface area contributed by atoms with Crippen LogP contribution in [0, 0.1) is 6.92 Å². The molecule has 3 rings (SSSR count). The second kappa shape index (κ2) is 9.53. The molecule has 1 N–H and O–H groups in total. The minimum atomic E-state index is -2.87.